The second kappa shape index (κ2) is 8.10. The van der Waals surface area contributed by atoms with Crippen LogP contribution in [0.4, 0.5) is 14.9 Å². The Kier molecular flexibility index (Phi) is 6.45. The lowest BCUT2D eigenvalue weighted by Gasteiger charge is -2.18. The van der Waals surface area contributed by atoms with E-state index in [-0.39, 0.29) is 12.1 Å². The predicted octanol–water partition coefficient (Wildman–Crippen LogP) is 2.40. The zero-order valence-corrected chi connectivity index (χ0v) is 14.1. The minimum Gasteiger partial charge on any atom is -0.465 e. The molecule has 0 saturated carbocycles. The number of benzene rings is 1. The lowest BCUT2D eigenvalue weighted by Crippen LogP contribution is -2.32. The monoisotopic (exact) mass is 352 g/mol. The molecule has 0 aromatic heterocycles. The molecule has 25 heavy (non-hydrogen) atoms. The lowest BCUT2D eigenvalue weighted by atomic mass is 10.1. The molecule has 0 radical (unpaired) electrons. The normalized spacial score (nSPS) is 10.3. The molecular weight excluding hydrogens is 335 g/mol. The SMILES string of the molecule is COC(=O)c1cc(F)c(C#CCNC(=O)OC(C)(C)C)cc1[N+](=O)[O-]. The maximum Gasteiger partial charge on any atom is 0.408 e. The maximum absolute atomic E-state index is 14.0. The average molecular weight is 352 g/mol. The van der Waals surface area contributed by atoms with Crippen molar-refractivity contribution in [3.63, 3.8) is 0 Å². The van der Waals surface area contributed by atoms with Gasteiger partial charge in [-0.25, -0.2) is 14.0 Å². The van der Waals surface area contributed by atoms with Crippen molar-refractivity contribution in [2.24, 2.45) is 0 Å². The number of methoxy groups -OCH3 is 1. The van der Waals surface area contributed by atoms with Crippen molar-refractivity contribution in [1.82, 2.24) is 5.32 Å². The number of nitrogens with zero attached hydrogens (tertiary/aromatic N) is 1. The summed E-state index contributed by atoms with van der Waals surface area (Å²) in [6.07, 6.45) is -0.700. The van der Waals surface area contributed by atoms with Crippen molar-refractivity contribution >= 4 is 17.7 Å². The third-order valence-electron chi connectivity index (χ3n) is 2.63. The van der Waals surface area contributed by atoms with Crippen LogP contribution in [0, 0.1) is 27.8 Å². The van der Waals surface area contributed by atoms with Gasteiger partial charge in [0, 0.05) is 6.07 Å². The molecule has 0 aliphatic carbocycles. The van der Waals surface area contributed by atoms with E-state index >= 15 is 0 Å². The number of rotatable bonds is 3. The summed E-state index contributed by atoms with van der Waals surface area (Å²) in [4.78, 5) is 33.1. The molecule has 1 aromatic rings. The molecule has 1 aromatic carbocycles. The molecule has 0 aliphatic rings. The van der Waals surface area contributed by atoms with Gasteiger partial charge in [-0.15, -0.1) is 0 Å². The second-order valence-electron chi connectivity index (χ2n) is 5.76. The van der Waals surface area contributed by atoms with E-state index < -0.39 is 39.7 Å². The van der Waals surface area contributed by atoms with Gasteiger partial charge in [0.15, 0.2) is 0 Å². The molecule has 0 heterocycles. The highest BCUT2D eigenvalue weighted by Gasteiger charge is 2.23. The Labute approximate surface area is 143 Å². The first-order chi connectivity index (χ1) is 11.5. The number of nitro benzene ring substituents is 1. The zero-order chi connectivity index (χ0) is 19.2. The van der Waals surface area contributed by atoms with Gasteiger partial charge in [-0.05, 0) is 26.8 Å². The molecule has 0 atom stereocenters. The number of ether oxygens (including phenoxy) is 2. The first-order valence-corrected chi connectivity index (χ1v) is 7.07. The zero-order valence-electron chi connectivity index (χ0n) is 14.1. The van der Waals surface area contributed by atoms with Gasteiger partial charge in [0.1, 0.15) is 17.0 Å². The predicted molar refractivity (Wildman–Crippen MR) is 85.5 cm³/mol. The number of amides is 1. The van der Waals surface area contributed by atoms with E-state index in [0.717, 1.165) is 13.2 Å². The molecule has 8 nitrogen and oxygen atoms in total. The van der Waals surface area contributed by atoms with Crippen LogP contribution in [0.25, 0.3) is 0 Å². The minimum absolute atomic E-state index is 0.152. The van der Waals surface area contributed by atoms with Crippen LogP contribution in [-0.2, 0) is 9.47 Å². The van der Waals surface area contributed by atoms with Crippen molar-refractivity contribution in [2.75, 3.05) is 13.7 Å². The third kappa shape index (κ3) is 6.10. The van der Waals surface area contributed by atoms with Crippen LogP contribution in [0.15, 0.2) is 12.1 Å². The lowest BCUT2D eigenvalue weighted by molar-refractivity contribution is -0.385. The molecule has 0 fully saturated rings. The Morgan fingerprint density at radius 3 is 2.52 bits per heavy atom. The fourth-order valence-corrected chi connectivity index (χ4v) is 1.65. The summed E-state index contributed by atoms with van der Waals surface area (Å²) in [6, 6.07) is 1.53. The van der Waals surface area contributed by atoms with Crippen LogP contribution in [0.2, 0.25) is 0 Å². The minimum atomic E-state index is -1.03. The molecule has 1 rings (SSSR count). The van der Waals surface area contributed by atoms with Crippen LogP contribution in [0.3, 0.4) is 0 Å². The number of nitro groups is 1. The molecule has 1 N–H and O–H groups in total. The van der Waals surface area contributed by atoms with Crippen LogP contribution in [0.1, 0.15) is 36.7 Å². The fourth-order valence-electron chi connectivity index (χ4n) is 1.65. The number of carbonyl (C=O) groups is 2. The number of hydrogen-bond donors (Lipinski definition) is 1. The quantitative estimate of drug-likeness (QED) is 0.387. The van der Waals surface area contributed by atoms with Gasteiger partial charge in [-0.1, -0.05) is 11.8 Å². The summed E-state index contributed by atoms with van der Waals surface area (Å²) >= 11 is 0. The molecule has 0 bridgehead atoms. The van der Waals surface area contributed by atoms with E-state index in [0.29, 0.717) is 6.07 Å². The number of alkyl carbamates (subject to hydrolysis) is 1. The van der Waals surface area contributed by atoms with Gasteiger partial charge in [-0.2, -0.15) is 0 Å². The Bertz CT molecular complexity index is 758. The van der Waals surface area contributed by atoms with E-state index in [2.05, 4.69) is 21.9 Å². The van der Waals surface area contributed by atoms with Gasteiger partial charge in [-0.3, -0.25) is 10.1 Å². The van der Waals surface area contributed by atoms with Crippen molar-refractivity contribution in [2.45, 2.75) is 26.4 Å². The summed E-state index contributed by atoms with van der Waals surface area (Å²) in [5.74, 6) is 2.85. The van der Waals surface area contributed by atoms with Crippen molar-refractivity contribution in [3.8, 4) is 11.8 Å². The Morgan fingerprint density at radius 1 is 1.36 bits per heavy atom. The van der Waals surface area contributed by atoms with Crippen LogP contribution >= 0.6 is 0 Å². The van der Waals surface area contributed by atoms with E-state index in [9.17, 15) is 24.1 Å². The fraction of sp³-hybridized carbons (Fsp3) is 0.375. The largest absolute Gasteiger partial charge is 0.465 e. The standard InChI is InChI=1S/C16H17FN2O6/c1-16(2,3)25-15(21)18-7-5-6-10-8-13(19(22)23)11(9-12(10)17)14(20)24-4/h8-9H,7H2,1-4H3,(H,18,21). The maximum atomic E-state index is 14.0. The highest BCUT2D eigenvalue weighted by atomic mass is 19.1. The van der Waals surface area contributed by atoms with Crippen LogP contribution in [-0.4, -0.2) is 36.2 Å². The Morgan fingerprint density at radius 2 is 2.00 bits per heavy atom. The van der Waals surface area contributed by atoms with E-state index in [1.807, 2.05) is 0 Å². The summed E-state index contributed by atoms with van der Waals surface area (Å²) in [6.45, 7) is 4.92. The number of nitrogens with one attached hydrogen (secondary N) is 1. The van der Waals surface area contributed by atoms with Gasteiger partial charge in [0.05, 0.1) is 24.1 Å². The number of esters is 1. The van der Waals surface area contributed by atoms with E-state index in [4.69, 9.17) is 4.74 Å². The van der Waals surface area contributed by atoms with Crippen LogP contribution < -0.4 is 5.32 Å². The molecule has 1 amide bonds. The molecule has 0 saturated heterocycles. The Balaban J connectivity index is 2.94. The van der Waals surface area contributed by atoms with Crippen molar-refractivity contribution in [1.29, 1.82) is 0 Å². The number of carbonyl (C=O) groups excluding carboxylic acids is 2. The topological polar surface area (TPSA) is 108 Å². The highest BCUT2D eigenvalue weighted by Crippen LogP contribution is 2.23. The van der Waals surface area contributed by atoms with Gasteiger partial charge < -0.3 is 14.8 Å². The van der Waals surface area contributed by atoms with E-state index in [1.54, 1.807) is 20.8 Å². The van der Waals surface area contributed by atoms with Crippen molar-refractivity contribution < 1.29 is 28.4 Å². The average Bonchev–Trinajstić information content (AvgIpc) is 2.49. The van der Waals surface area contributed by atoms with Gasteiger partial charge in [0.25, 0.3) is 5.69 Å². The summed E-state index contributed by atoms with van der Waals surface area (Å²) < 4.78 is 23.3. The van der Waals surface area contributed by atoms with Crippen LogP contribution in [0.5, 0.6) is 0 Å². The third-order valence-corrected chi connectivity index (χ3v) is 2.63. The molecule has 9 heteroatoms. The smallest absolute Gasteiger partial charge is 0.408 e. The summed E-state index contributed by atoms with van der Waals surface area (Å²) in [5, 5.41) is 13.4. The number of hydrogen-bond acceptors (Lipinski definition) is 6. The van der Waals surface area contributed by atoms with E-state index in [1.165, 1.54) is 0 Å². The molecular formula is C16H17FN2O6. The first kappa shape index (κ1) is 19.9. The van der Waals surface area contributed by atoms with Crippen molar-refractivity contribution in [3.05, 3.63) is 39.2 Å². The summed E-state index contributed by atoms with van der Waals surface area (Å²) in [5.41, 5.74) is -2.10. The van der Waals surface area contributed by atoms with Gasteiger partial charge in [0.2, 0.25) is 0 Å². The first-order valence-electron chi connectivity index (χ1n) is 7.07. The highest BCUT2D eigenvalue weighted by molar-refractivity contribution is 5.94. The molecule has 0 spiro atoms. The molecule has 0 aliphatic heterocycles. The number of halogens is 1. The van der Waals surface area contributed by atoms with Gasteiger partial charge >= 0.3 is 12.1 Å². The molecule has 134 valence electrons. The summed E-state index contributed by atoms with van der Waals surface area (Å²) in [7, 11) is 1.03. The Hall–Kier alpha value is -3.15. The molecule has 0 unspecified atom stereocenters. The second-order valence-corrected chi connectivity index (χ2v) is 5.76.